The number of benzene rings is 1. The fraction of sp³-hybridized carbons (Fsp3) is 0.565. The van der Waals surface area contributed by atoms with Crippen LogP contribution in [0.15, 0.2) is 36.4 Å². The number of rotatable bonds is 3. The molecule has 1 unspecified atom stereocenters. The molecule has 3 atom stereocenters. The van der Waals surface area contributed by atoms with Crippen LogP contribution in [0.2, 0.25) is 0 Å². The summed E-state index contributed by atoms with van der Waals surface area (Å²) >= 11 is 0. The van der Waals surface area contributed by atoms with E-state index in [1.807, 2.05) is 6.07 Å². The molecule has 1 aromatic carbocycles. The van der Waals surface area contributed by atoms with Crippen LogP contribution in [0.5, 0.6) is 0 Å². The molecule has 1 aromatic heterocycles. The third kappa shape index (κ3) is 3.83. The van der Waals surface area contributed by atoms with E-state index in [-0.39, 0.29) is 6.04 Å². The highest BCUT2D eigenvalue weighted by Gasteiger charge is 2.37. The Bertz CT molecular complexity index is 878. The van der Waals surface area contributed by atoms with E-state index in [1.165, 1.54) is 5.39 Å². The van der Waals surface area contributed by atoms with Crippen molar-refractivity contribution < 1.29 is 4.79 Å². The Morgan fingerprint density at radius 2 is 1.90 bits per heavy atom. The molecule has 2 aromatic rings. The number of pyridine rings is 1. The van der Waals surface area contributed by atoms with Crippen molar-refractivity contribution in [1.29, 1.82) is 0 Å². The monoisotopic (exact) mass is 393 g/mol. The number of para-hydroxylation sites is 1. The van der Waals surface area contributed by atoms with E-state index in [2.05, 4.69) is 57.3 Å². The number of carbonyl (C=O) groups is 1. The quantitative estimate of drug-likeness (QED) is 0.864. The van der Waals surface area contributed by atoms with E-state index in [0.29, 0.717) is 17.9 Å². The zero-order valence-electron chi connectivity index (χ0n) is 17.3. The maximum absolute atomic E-state index is 12.8. The fourth-order valence-electron chi connectivity index (χ4n) is 5.09. The lowest BCUT2D eigenvalue weighted by Gasteiger charge is -2.38. The molecule has 3 aliphatic heterocycles. The Balaban J connectivity index is 1.16. The molecular formula is C23H31N5O. The number of nitrogens with one attached hydrogen (secondary N) is 1. The third-order valence-electron chi connectivity index (χ3n) is 6.88. The first-order valence-corrected chi connectivity index (χ1v) is 11.0. The summed E-state index contributed by atoms with van der Waals surface area (Å²) in [5.41, 5.74) is 1.06. The van der Waals surface area contributed by atoms with Crippen molar-refractivity contribution in [2.75, 3.05) is 50.7 Å². The molecule has 6 nitrogen and oxygen atoms in total. The van der Waals surface area contributed by atoms with Gasteiger partial charge in [-0.3, -0.25) is 9.69 Å². The summed E-state index contributed by atoms with van der Waals surface area (Å²) in [7, 11) is 0. The van der Waals surface area contributed by atoms with Gasteiger partial charge in [0, 0.05) is 57.2 Å². The lowest BCUT2D eigenvalue weighted by atomic mass is 10.1. The van der Waals surface area contributed by atoms with Crippen LogP contribution < -0.4 is 10.2 Å². The van der Waals surface area contributed by atoms with Gasteiger partial charge in [0.15, 0.2) is 0 Å². The van der Waals surface area contributed by atoms with Gasteiger partial charge in [-0.25, -0.2) is 4.98 Å². The van der Waals surface area contributed by atoms with Crippen LogP contribution in [0.1, 0.15) is 19.8 Å². The molecule has 0 aliphatic carbocycles. The predicted molar refractivity (Wildman–Crippen MR) is 116 cm³/mol. The molecule has 4 heterocycles. The maximum Gasteiger partial charge on any atom is 0.239 e. The second kappa shape index (κ2) is 7.92. The van der Waals surface area contributed by atoms with Gasteiger partial charge in [-0.15, -0.1) is 0 Å². The van der Waals surface area contributed by atoms with Gasteiger partial charge in [0.1, 0.15) is 5.82 Å². The average molecular weight is 394 g/mol. The molecular weight excluding hydrogens is 362 g/mol. The fourth-order valence-corrected chi connectivity index (χ4v) is 5.09. The van der Waals surface area contributed by atoms with Crippen molar-refractivity contribution in [3.63, 3.8) is 0 Å². The first kappa shape index (κ1) is 18.8. The molecule has 0 bridgehead atoms. The van der Waals surface area contributed by atoms with E-state index in [1.54, 1.807) is 0 Å². The number of fused-ring (bicyclic) bond motifs is 1. The number of likely N-dealkylation sites (tertiary alicyclic amines) is 1. The van der Waals surface area contributed by atoms with Crippen LogP contribution >= 0.6 is 0 Å². The van der Waals surface area contributed by atoms with Crippen molar-refractivity contribution in [2.24, 2.45) is 5.92 Å². The van der Waals surface area contributed by atoms with Crippen LogP contribution in [0.4, 0.5) is 5.82 Å². The topological polar surface area (TPSA) is 51.7 Å². The van der Waals surface area contributed by atoms with Gasteiger partial charge < -0.3 is 15.1 Å². The van der Waals surface area contributed by atoms with Gasteiger partial charge in [-0.2, -0.15) is 0 Å². The van der Waals surface area contributed by atoms with Gasteiger partial charge >= 0.3 is 0 Å². The van der Waals surface area contributed by atoms with Crippen LogP contribution in [0.25, 0.3) is 10.9 Å². The summed E-state index contributed by atoms with van der Waals surface area (Å²) in [4.78, 5) is 24.7. The highest BCUT2D eigenvalue weighted by atomic mass is 16.2. The molecule has 0 saturated carbocycles. The van der Waals surface area contributed by atoms with Gasteiger partial charge in [-0.05, 0) is 37.0 Å². The van der Waals surface area contributed by atoms with E-state index < -0.39 is 0 Å². The number of hydrogen-bond acceptors (Lipinski definition) is 5. The Hall–Kier alpha value is -2.18. The summed E-state index contributed by atoms with van der Waals surface area (Å²) in [6.45, 7) is 9.06. The molecule has 0 radical (unpaired) electrons. The first-order chi connectivity index (χ1) is 14.2. The molecule has 6 heteroatoms. The molecule has 3 saturated heterocycles. The molecule has 5 rings (SSSR count). The number of aromatic nitrogens is 1. The van der Waals surface area contributed by atoms with Gasteiger partial charge in [0.25, 0.3) is 0 Å². The van der Waals surface area contributed by atoms with E-state index in [4.69, 9.17) is 4.98 Å². The average Bonchev–Trinajstić information content (AvgIpc) is 3.43. The van der Waals surface area contributed by atoms with Crippen molar-refractivity contribution in [3.05, 3.63) is 36.4 Å². The summed E-state index contributed by atoms with van der Waals surface area (Å²) in [6, 6.07) is 13.1. The van der Waals surface area contributed by atoms with Gasteiger partial charge in [0.05, 0.1) is 11.6 Å². The van der Waals surface area contributed by atoms with Crippen molar-refractivity contribution in [2.45, 2.75) is 31.8 Å². The highest BCUT2D eigenvalue weighted by Crippen LogP contribution is 2.23. The van der Waals surface area contributed by atoms with E-state index in [0.717, 1.165) is 70.0 Å². The van der Waals surface area contributed by atoms with Crippen molar-refractivity contribution in [3.8, 4) is 0 Å². The van der Waals surface area contributed by atoms with Crippen LogP contribution in [-0.2, 0) is 4.79 Å². The molecule has 3 aliphatic rings. The summed E-state index contributed by atoms with van der Waals surface area (Å²) in [5, 5.41) is 4.69. The second-order valence-corrected chi connectivity index (χ2v) is 8.91. The molecule has 1 N–H and O–H groups in total. The molecule has 0 spiro atoms. The second-order valence-electron chi connectivity index (χ2n) is 8.91. The molecule has 1 amide bonds. The lowest BCUT2D eigenvalue weighted by molar-refractivity contribution is -0.132. The first-order valence-electron chi connectivity index (χ1n) is 11.0. The SMILES string of the molecule is CC1CCN(C(=O)[C@@H]2C[C@H](N3CCN(c4ccc5ccccc5n4)CC3)CN2)C1. The minimum absolute atomic E-state index is 0.00508. The van der Waals surface area contributed by atoms with Gasteiger partial charge in [0.2, 0.25) is 5.91 Å². The van der Waals surface area contributed by atoms with E-state index >= 15 is 0 Å². The Kier molecular flexibility index (Phi) is 5.14. The Morgan fingerprint density at radius 3 is 2.69 bits per heavy atom. The predicted octanol–water partition coefficient (Wildman–Crippen LogP) is 1.96. The molecule has 154 valence electrons. The number of anilines is 1. The highest BCUT2D eigenvalue weighted by molar-refractivity contribution is 5.82. The van der Waals surface area contributed by atoms with E-state index in [9.17, 15) is 4.79 Å². The van der Waals surface area contributed by atoms with Gasteiger partial charge in [-0.1, -0.05) is 25.1 Å². The lowest BCUT2D eigenvalue weighted by Crippen LogP contribution is -2.51. The normalized spacial score (nSPS) is 28.4. The zero-order chi connectivity index (χ0) is 19.8. The molecule has 3 fully saturated rings. The third-order valence-corrected chi connectivity index (χ3v) is 6.88. The minimum Gasteiger partial charge on any atom is -0.354 e. The summed E-state index contributed by atoms with van der Waals surface area (Å²) < 4.78 is 0. The number of carbonyl (C=O) groups excluding carboxylic acids is 1. The number of hydrogen-bond donors (Lipinski definition) is 1. The van der Waals surface area contributed by atoms with Crippen LogP contribution in [0, 0.1) is 5.92 Å². The Labute approximate surface area is 172 Å². The summed E-state index contributed by atoms with van der Waals surface area (Å²) in [6.07, 6.45) is 2.09. The van der Waals surface area contributed by atoms with Crippen molar-refractivity contribution >= 4 is 22.6 Å². The van der Waals surface area contributed by atoms with Crippen molar-refractivity contribution in [1.82, 2.24) is 20.1 Å². The maximum atomic E-state index is 12.8. The molecule has 29 heavy (non-hydrogen) atoms. The standard InChI is InChI=1S/C23H31N5O/c1-17-8-9-28(16-17)23(29)21-14-19(15-24-21)26-10-12-27(13-11-26)22-7-6-18-4-2-3-5-20(18)25-22/h2-7,17,19,21,24H,8-16H2,1H3/t17?,19-,21-/m0/s1. The van der Waals surface area contributed by atoms with Crippen LogP contribution in [0.3, 0.4) is 0 Å². The number of nitrogens with zero attached hydrogens (tertiary/aromatic N) is 4. The summed E-state index contributed by atoms with van der Waals surface area (Å²) in [5.74, 6) is 2.04. The smallest absolute Gasteiger partial charge is 0.239 e. The number of amides is 1. The largest absolute Gasteiger partial charge is 0.354 e. The number of piperazine rings is 1. The zero-order valence-corrected chi connectivity index (χ0v) is 17.3. The Morgan fingerprint density at radius 1 is 1.07 bits per heavy atom. The van der Waals surface area contributed by atoms with Crippen LogP contribution in [-0.4, -0.2) is 78.6 Å². The minimum atomic E-state index is 0.00508.